The summed E-state index contributed by atoms with van der Waals surface area (Å²) in [6, 6.07) is 10.1. The van der Waals surface area contributed by atoms with Crippen molar-refractivity contribution in [3.8, 4) is 17.4 Å². The number of nitrogens with one attached hydrogen (secondary N) is 1. The first-order chi connectivity index (χ1) is 17.0. The van der Waals surface area contributed by atoms with E-state index in [0.717, 1.165) is 6.08 Å². The van der Waals surface area contributed by atoms with Gasteiger partial charge in [0.05, 0.1) is 31.4 Å². The molecule has 11 heteroatoms. The number of methoxy groups -OCH3 is 1. The van der Waals surface area contributed by atoms with Gasteiger partial charge in [0.15, 0.2) is 11.5 Å². The Hall–Kier alpha value is -4.54. The predicted molar refractivity (Wildman–Crippen MR) is 125 cm³/mol. The van der Waals surface area contributed by atoms with Crippen LogP contribution in [0, 0.1) is 0 Å². The van der Waals surface area contributed by atoms with E-state index in [9.17, 15) is 14.7 Å². The molecule has 2 amide bonds. The Bertz CT molecular complexity index is 1330. The van der Waals surface area contributed by atoms with Crippen LogP contribution in [-0.2, 0) is 9.53 Å². The fraction of sp³-hybridized carbons (Fsp3) is 0.250. The fourth-order valence-corrected chi connectivity index (χ4v) is 3.83. The van der Waals surface area contributed by atoms with Crippen LogP contribution in [0.25, 0.3) is 16.8 Å². The van der Waals surface area contributed by atoms with Crippen LogP contribution >= 0.6 is 0 Å². The normalized spacial score (nSPS) is 17.3. The SMILES string of the molecule is COc1ccc2nccc(C(O)=CC(=O)NC[C@@H]3CN(c4ccc5c(c4)OCCO5)C(=O)O3)c2n1. The zero-order chi connectivity index (χ0) is 24.4. The molecule has 0 unspecified atom stereocenters. The van der Waals surface area contributed by atoms with Crippen molar-refractivity contribution in [2.24, 2.45) is 0 Å². The Kier molecular flexibility index (Phi) is 5.96. The first kappa shape index (κ1) is 22.3. The summed E-state index contributed by atoms with van der Waals surface area (Å²) in [4.78, 5) is 34.8. The minimum absolute atomic E-state index is 0.0680. The number of aliphatic hydroxyl groups excluding tert-OH is 1. The molecule has 5 rings (SSSR count). The lowest BCUT2D eigenvalue weighted by Gasteiger charge is -2.21. The summed E-state index contributed by atoms with van der Waals surface area (Å²) < 4.78 is 21.6. The molecule has 180 valence electrons. The van der Waals surface area contributed by atoms with E-state index in [0.29, 0.717) is 52.9 Å². The van der Waals surface area contributed by atoms with E-state index in [-0.39, 0.29) is 18.8 Å². The van der Waals surface area contributed by atoms with E-state index in [1.54, 1.807) is 36.4 Å². The largest absolute Gasteiger partial charge is 0.507 e. The Morgan fingerprint density at radius 1 is 1.23 bits per heavy atom. The molecule has 4 heterocycles. The molecular weight excluding hydrogens is 456 g/mol. The molecule has 2 aromatic heterocycles. The first-order valence-corrected chi connectivity index (χ1v) is 10.9. The summed E-state index contributed by atoms with van der Waals surface area (Å²) in [7, 11) is 1.48. The van der Waals surface area contributed by atoms with Gasteiger partial charge in [-0.2, -0.15) is 0 Å². The second kappa shape index (κ2) is 9.37. The molecule has 0 spiro atoms. The standard InChI is InChI=1S/C24H22N4O7/c1-32-22-5-3-17-23(27-22)16(6-7-25-17)18(29)11-21(30)26-12-15-13-28(24(31)35-15)14-2-4-19-20(10-14)34-9-8-33-19/h2-7,10-11,15,29H,8-9,12-13H2,1H3,(H,26,30)/t15-/m1/s1. The van der Waals surface area contributed by atoms with Crippen molar-refractivity contribution >= 4 is 34.5 Å². The van der Waals surface area contributed by atoms with Crippen LogP contribution in [0.2, 0.25) is 0 Å². The average molecular weight is 478 g/mol. The molecule has 1 aromatic carbocycles. The van der Waals surface area contributed by atoms with Crippen LogP contribution in [-0.4, -0.2) is 66.6 Å². The van der Waals surface area contributed by atoms with Gasteiger partial charge in [0.2, 0.25) is 11.8 Å². The van der Waals surface area contributed by atoms with Crippen LogP contribution in [0.1, 0.15) is 5.56 Å². The third-order valence-corrected chi connectivity index (χ3v) is 5.53. The molecule has 3 aromatic rings. The van der Waals surface area contributed by atoms with E-state index in [2.05, 4.69) is 15.3 Å². The number of pyridine rings is 2. The molecule has 0 radical (unpaired) electrons. The van der Waals surface area contributed by atoms with Gasteiger partial charge in [-0.15, -0.1) is 0 Å². The summed E-state index contributed by atoms with van der Waals surface area (Å²) >= 11 is 0. The van der Waals surface area contributed by atoms with Crippen molar-refractivity contribution in [3.05, 3.63) is 54.2 Å². The number of rotatable bonds is 6. The molecule has 35 heavy (non-hydrogen) atoms. The Morgan fingerprint density at radius 3 is 2.89 bits per heavy atom. The van der Waals surface area contributed by atoms with Gasteiger partial charge in [-0.1, -0.05) is 0 Å². The minimum atomic E-state index is -0.567. The molecule has 2 N–H and O–H groups in total. The number of anilines is 1. The number of aromatic nitrogens is 2. The maximum atomic E-state index is 12.4. The molecule has 11 nitrogen and oxygen atoms in total. The lowest BCUT2D eigenvalue weighted by molar-refractivity contribution is -0.116. The highest BCUT2D eigenvalue weighted by atomic mass is 16.6. The number of nitrogens with zero attached hydrogens (tertiary/aromatic N) is 3. The Balaban J connectivity index is 1.23. The van der Waals surface area contributed by atoms with Gasteiger partial charge in [0, 0.05) is 30.0 Å². The van der Waals surface area contributed by atoms with Crippen LogP contribution in [0.5, 0.6) is 17.4 Å². The van der Waals surface area contributed by atoms with Crippen LogP contribution in [0.4, 0.5) is 10.5 Å². The highest BCUT2D eigenvalue weighted by Crippen LogP contribution is 2.35. The van der Waals surface area contributed by atoms with Gasteiger partial charge >= 0.3 is 6.09 Å². The average Bonchev–Trinajstić information content (AvgIpc) is 3.26. The van der Waals surface area contributed by atoms with Gasteiger partial charge in [0.25, 0.3) is 0 Å². The molecule has 0 bridgehead atoms. The second-order valence-electron chi connectivity index (χ2n) is 7.80. The van der Waals surface area contributed by atoms with Crippen molar-refractivity contribution in [2.75, 3.05) is 38.3 Å². The van der Waals surface area contributed by atoms with Crippen LogP contribution in [0.15, 0.2) is 48.7 Å². The van der Waals surface area contributed by atoms with Gasteiger partial charge in [0.1, 0.15) is 30.6 Å². The zero-order valence-electron chi connectivity index (χ0n) is 18.8. The van der Waals surface area contributed by atoms with E-state index in [4.69, 9.17) is 18.9 Å². The molecule has 0 aliphatic carbocycles. The van der Waals surface area contributed by atoms with E-state index in [1.165, 1.54) is 18.2 Å². The number of hydrogen-bond donors (Lipinski definition) is 2. The highest BCUT2D eigenvalue weighted by Gasteiger charge is 2.33. The fourth-order valence-electron chi connectivity index (χ4n) is 3.83. The third-order valence-electron chi connectivity index (χ3n) is 5.53. The van der Waals surface area contributed by atoms with Crippen molar-refractivity contribution in [2.45, 2.75) is 6.10 Å². The molecule has 2 aliphatic rings. The van der Waals surface area contributed by atoms with E-state index in [1.807, 2.05) is 0 Å². The van der Waals surface area contributed by atoms with Crippen molar-refractivity contribution in [1.29, 1.82) is 0 Å². The number of hydrogen-bond acceptors (Lipinski definition) is 9. The smallest absolute Gasteiger partial charge is 0.414 e. The second-order valence-corrected chi connectivity index (χ2v) is 7.80. The van der Waals surface area contributed by atoms with Gasteiger partial charge < -0.3 is 29.4 Å². The van der Waals surface area contributed by atoms with E-state index < -0.39 is 18.1 Å². The number of amides is 2. The predicted octanol–water partition coefficient (Wildman–Crippen LogP) is 2.45. The number of ether oxygens (including phenoxy) is 4. The molecule has 1 saturated heterocycles. The number of benzene rings is 1. The summed E-state index contributed by atoms with van der Waals surface area (Å²) in [6.07, 6.45) is 1.47. The lowest BCUT2D eigenvalue weighted by atomic mass is 10.1. The zero-order valence-corrected chi connectivity index (χ0v) is 18.8. The maximum absolute atomic E-state index is 12.4. The van der Waals surface area contributed by atoms with Crippen molar-refractivity contribution in [3.63, 3.8) is 0 Å². The summed E-state index contributed by atoms with van der Waals surface area (Å²) in [6.45, 7) is 1.23. The molecule has 0 saturated carbocycles. The molecule has 2 aliphatic heterocycles. The number of carbonyl (C=O) groups excluding carboxylic acids is 2. The number of fused-ring (bicyclic) bond motifs is 2. The van der Waals surface area contributed by atoms with Gasteiger partial charge in [-0.25, -0.2) is 9.78 Å². The summed E-state index contributed by atoms with van der Waals surface area (Å²) in [5.41, 5.74) is 1.88. The molecule has 1 atom stereocenters. The number of aliphatic hydroxyl groups is 1. The van der Waals surface area contributed by atoms with Crippen LogP contribution < -0.4 is 24.4 Å². The lowest BCUT2D eigenvalue weighted by Crippen LogP contribution is -2.34. The molecule has 1 fully saturated rings. The number of carbonyl (C=O) groups is 2. The minimum Gasteiger partial charge on any atom is -0.507 e. The van der Waals surface area contributed by atoms with Crippen LogP contribution in [0.3, 0.4) is 0 Å². The monoisotopic (exact) mass is 478 g/mol. The summed E-state index contributed by atoms with van der Waals surface area (Å²) in [5.74, 6) is 0.712. The van der Waals surface area contributed by atoms with E-state index >= 15 is 0 Å². The number of cyclic esters (lactones) is 1. The highest BCUT2D eigenvalue weighted by molar-refractivity contribution is 5.97. The molecular formula is C24H22N4O7. The Labute approximate surface area is 199 Å². The third kappa shape index (κ3) is 4.60. The van der Waals surface area contributed by atoms with Crippen molar-refractivity contribution in [1.82, 2.24) is 15.3 Å². The summed E-state index contributed by atoms with van der Waals surface area (Å²) in [5, 5.41) is 13.2. The Morgan fingerprint density at radius 2 is 2.06 bits per heavy atom. The van der Waals surface area contributed by atoms with Crippen molar-refractivity contribution < 1.29 is 33.6 Å². The first-order valence-electron chi connectivity index (χ1n) is 10.9. The maximum Gasteiger partial charge on any atom is 0.414 e. The van der Waals surface area contributed by atoms with Gasteiger partial charge in [-0.05, 0) is 24.3 Å². The quantitative estimate of drug-likeness (QED) is 0.405. The topological polar surface area (TPSA) is 132 Å². The van der Waals surface area contributed by atoms with Gasteiger partial charge in [-0.3, -0.25) is 14.7 Å².